The van der Waals surface area contributed by atoms with Crippen molar-refractivity contribution >= 4 is 23.2 Å². The molecule has 0 aromatic heterocycles. The number of hydrogen-bond donors (Lipinski definition) is 3. The van der Waals surface area contributed by atoms with E-state index in [-0.39, 0.29) is 11.9 Å². The molecular formula is C13H19N3OS. The molecule has 0 saturated heterocycles. The second-order valence-electron chi connectivity index (χ2n) is 3.93. The van der Waals surface area contributed by atoms with Crippen molar-refractivity contribution in [3.05, 3.63) is 35.9 Å². The van der Waals surface area contributed by atoms with Crippen LogP contribution in [0.5, 0.6) is 0 Å². The van der Waals surface area contributed by atoms with Gasteiger partial charge in [0.05, 0.1) is 0 Å². The van der Waals surface area contributed by atoms with Crippen molar-refractivity contribution in [1.82, 2.24) is 16.0 Å². The van der Waals surface area contributed by atoms with Gasteiger partial charge in [0, 0.05) is 13.1 Å². The van der Waals surface area contributed by atoms with Crippen LogP contribution in [0.3, 0.4) is 0 Å². The minimum absolute atomic E-state index is 0.0543. The zero-order chi connectivity index (χ0) is 13.4. The summed E-state index contributed by atoms with van der Waals surface area (Å²) in [6.07, 6.45) is 0. The van der Waals surface area contributed by atoms with Gasteiger partial charge in [-0.1, -0.05) is 30.3 Å². The molecule has 18 heavy (non-hydrogen) atoms. The van der Waals surface area contributed by atoms with Crippen molar-refractivity contribution in [3.8, 4) is 0 Å². The highest BCUT2D eigenvalue weighted by Crippen LogP contribution is 1.97. The monoisotopic (exact) mass is 265 g/mol. The first-order chi connectivity index (χ1) is 8.63. The first-order valence-corrected chi connectivity index (χ1v) is 6.40. The molecule has 0 unspecified atom stereocenters. The van der Waals surface area contributed by atoms with E-state index in [9.17, 15) is 4.79 Å². The molecule has 0 aliphatic rings. The number of carbonyl (C=O) groups is 1. The molecule has 5 heteroatoms. The third-order valence-electron chi connectivity index (χ3n) is 2.39. The molecule has 1 atom stereocenters. The Kier molecular flexibility index (Phi) is 6.14. The molecule has 0 fully saturated rings. The lowest BCUT2D eigenvalue weighted by Crippen LogP contribution is -2.48. The largest absolute Gasteiger partial charge is 0.359 e. The van der Waals surface area contributed by atoms with Crippen LogP contribution >= 0.6 is 12.2 Å². The van der Waals surface area contributed by atoms with Crippen molar-refractivity contribution in [1.29, 1.82) is 0 Å². The Morgan fingerprint density at radius 2 is 1.94 bits per heavy atom. The van der Waals surface area contributed by atoms with E-state index in [1.807, 2.05) is 37.3 Å². The average molecular weight is 265 g/mol. The quantitative estimate of drug-likeness (QED) is 0.700. The van der Waals surface area contributed by atoms with Gasteiger partial charge in [-0.2, -0.15) is 0 Å². The van der Waals surface area contributed by atoms with Crippen molar-refractivity contribution in [3.63, 3.8) is 0 Å². The van der Waals surface area contributed by atoms with E-state index >= 15 is 0 Å². The van der Waals surface area contributed by atoms with Crippen LogP contribution in [0.4, 0.5) is 0 Å². The number of likely N-dealkylation sites (N-methyl/N-ethyl adjacent to an activating group) is 1. The summed E-state index contributed by atoms with van der Waals surface area (Å²) in [7, 11) is 0. The fraction of sp³-hybridized carbons (Fsp3) is 0.385. The highest BCUT2D eigenvalue weighted by Gasteiger charge is 2.11. The lowest BCUT2D eigenvalue weighted by molar-refractivity contribution is -0.122. The van der Waals surface area contributed by atoms with E-state index in [1.54, 1.807) is 6.92 Å². The molecule has 0 bridgehead atoms. The maximum Gasteiger partial charge on any atom is 0.242 e. The summed E-state index contributed by atoms with van der Waals surface area (Å²) >= 11 is 5.13. The van der Waals surface area contributed by atoms with Gasteiger partial charge >= 0.3 is 0 Å². The van der Waals surface area contributed by atoms with Crippen molar-refractivity contribution < 1.29 is 4.79 Å². The van der Waals surface area contributed by atoms with E-state index in [4.69, 9.17) is 12.2 Å². The SMILES string of the molecule is CCNC(=O)[C@H](C)NC(=S)NCc1ccccc1. The zero-order valence-corrected chi connectivity index (χ0v) is 11.5. The van der Waals surface area contributed by atoms with Crippen LogP contribution in [0.2, 0.25) is 0 Å². The molecular weight excluding hydrogens is 246 g/mol. The van der Waals surface area contributed by atoms with E-state index < -0.39 is 0 Å². The van der Waals surface area contributed by atoms with Crippen LogP contribution < -0.4 is 16.0 Å². The Morgan fingerprint density at radius 1 is 1.28 bits per heavy atom. The standard InChI is InChI=1S/C13H19N3OS/c1-3-14-12(17)10(2)16-13(18)15-9-11-7-5-4-6-8-11/h4-8,10H,3,9H2,1-2H3,(H,14,17)(H2,15,16,18)/t10-/m0/s1. The molecule has 0 spiro atoms. The van der Waals surface area contributed by atoms with Gasteiger partial charge in [0.2, 0.25) is 5.91 Å². The Labute approximate surface area is 113 Å². The number of rotatable bonds is 5. The number of carbonyl (C=O) groups excluding carboxylic acids is 1. The first-order valence-electron chi connectivity index (χ1n) is 5.99. The lowest BCUT2D eigenvalue weighted by atomic mass is 10.2. The van der Waals surface area contributed by atoms with Crippen LogP contribution in [-0.2, 0) is 11.3 Å². The van der Waals surface area contributed by atoms with E-state index in [0.717, 1.165) is 5.56 Å². The molecule has 3 N–H and O–H groups in total. The number of nitrogens with one attached hydrogen (secondary N) is 3. The van der Waals surface area contributed by atoms with Gasteiger partial charge in [-0.25, -0.2) is 0 Å². The van der Waals surface area contributed by atoms with Gasteiger partial charge in [0.1, 0.15) is 6.04 Å². The summed E-state index contributed by atoms with van der Waals surface area (Å²) in [5.41, 5.74) is 1.15. The Bertz CT molecular complexity index is 394. The van der Waals surface area contributed by atoms with Gasteiger partial charge in [0.15, 0.2) is 5.11 Å². The molecule has 1 aromatic rings. The summed E-state index contributed by atoms with van der Waals surface area (Å²) in [6.45, 7) is 4.93. The molecule has 1 aromatic carbocycles. The third kappa shape index (κ3) is 5.14. The molecule has 98 valence electrons. The average Bonchev–Trinajstić information content (AvgIpc) is 2.38. The summed E-state index contributed by atoms with van der Waals surface area (Å²) in [6, 6.07) is 9.62. The summed E-state index contributed by atoms with van der Waals surface area (Å²) in [5, 5.41) is 9.23. The topological polar surface area (TPSA) is 53.2 Å². The number of hydrogen-bond acceptors (Lipinski definition) is 2. The Morgan fingerprint density at radius 3 is 2.56 bits per heavy atom. The molecule has 1 amide bonds. The third-order valence-corrected chi connectivity index (χ3v) is 2.65. The second-order valence-corrected chi connectivity index (χ2v) is 4.34. The molecule has 1 rings (SSSR count). The van der Waals surface area contributed by atoms with Gasteiger partial charge in [-0.05, 0) is 31.6 Å². The highest BCUT2D eigenvalue weighted by molar-refractivity contribution is 7.80. The molecule has 0 aliphatic carbocycles. The second kappa shape index (κ2) is 7.66. The Hall–Kier alpha value is -1.62. The van der Waals surface area contributed by atoms with E-state index in [1.165, 1.54) is 0 Å². The molecule has 0 heterocycles. The van der Waals surface area contributed by atoms with E-state index in [2.05, 4.69) is 16.0 Å². The fourth-order valence-electron chi connectivity index (χ4n) is 1.42. The molecule has 4 nitrogen and oxygen atoms in total. The van der Waals surface area contributed by atoms with Crippen LogP contribution in [0.25, 0.3) is 0 Å². The molecule has 0 radical (unpaired) electrons. The maximum atomic E-state index is 11.5. The Balaban J connectivity index is 2.31. The number of benzene rings is 1. The summed E-state index contributed by atoms with van der Waals surface area (Å²) < 4.78 is 0. The first kappa shape index (κ1) is 14.4. The maximum absolute atomic E-state index is 11.5. The van der Waals surface area contributed by atoms with Crippen LogP contribution in [0, 0.1) is 0 Å². The predicted molar refractivity (Wildman–Crippen MR) is 77.2 cm³/mol. The normalized spacial score (nSPS) is 11.4. The van der Waals surface area contributed by atoms with Gasteiger partial charge in [-0.3, -0.25) is 4.79 Å². The minimum atomic E-state index is -0.333. The van der Waals surface area contributed by atoms with Gasteiger partial charge < -0.3 is 16.0 Å². The van der Waals surface area contributed by atoms with Gasteiger partial charge in [0.25, 0.3) is 0 Å². The highest BCUT2D eigenvalue weighted by atomic mass is 32.1. The zero-order valence-electron chi connectivity index (χ0n) is 10.7. The van der Waals surface area contributed by atoms with Crippen LogP contribution in [0.15, 0.2) is 30.3 Å². The van der Waals surface area contributed by atoms with E-state index in [0.29, 0.717) is 18.2 Å². The van der Waals surface area contributed by atoms with Crippen molar-refractivity contribution in [2.24, 2.45) is 0 Å². The number of amides is 1. The summed E-state index contributed by atoms with van der Waals surface area (Å²) in [5.74, 6) is -0.0543. The lowest BCUT2D eigenvalue weighted by Gasteiger charge is -2.16. The molecule has 0 aliphatic heterocycles. The predicted octanol–water partition coefficient (Wildman–Crippen LogP) is 1.18. The van der Waals surface area contributed by atoms with Crippen LogP contribution in [0.1, 0.15) is 19.4 Å². The van der Waals surface area contributed by atoms with Crippen molar-refractivity contribution in [2.75, 3.05) is 6.54 Å². The van der Waals surface area contributed by atoms with Crippen molar-refractivity contribution in [2.45, 2.75) is 26.4 Å². The molecule has 0 saturated carbocycles. The smallest absolute Gasteiger partial charge is 0.242 e. The fourth-order valence-corrected chi connectivity index (χ4v) is 1.67. The van der Waals surface area contributed by atoms with Crippen LogP contribution in [-0.4, -0.2) is 23.6 Å². The number of thiocarbonyl (C=S) groups is 1. The minimum Gasteiger partial charge on any atom is -0.359 e. The van der Waals surface area contributed by atoms with Gasteiger partial charge in [-0.15, -0.1) is 0 Å². The summed E-state index contributed by atoms with van der Waals surface area (Å²) in [4.78, 5) is 11.5.